The highest BCUT2D eigenvalue weighted by Gasteiger charge is 2.60. The Balaban J connectivity index is 1.70. The van der Waals surface area contributed by atoms with Gasteiger partial charge in [-0.3, -0.25) is 0 Å². The lowest BCUT2D eigenvalue weighted by Gasteiger charge is -2.43. The number of ether oxygens (including phenoxy) is 3. The zero-order valence-electron chi connectivity index (χ0n) is 16.4. The standard InChI is InChI=1S/C22H28O4Si/c1-22(2,3)27(16-11-7-5-8-12-16,17-13-9-6-10-14-17)24-15-18-19-20(26-19)21(23-4)25-18/h5-14,18-21H,15H2,1-4H3/t18-,19?,20+,21?/m1/s1. The molecule has 0 radical (unpaired) electrons. The fourth-order valence-corrected chi connectivity index (χ4v) is 8.84. The second-order valence-corrected chi connectivity index (χ2v) is 12.6. The lowest BCUT2D eigenvalue weighted by molar-refractivity contribution is -0.165. The minimum atomic E-state index is -2.54. The Labute approximate surface area is 162 Å². The van der Waals surface area contributed by atoms with Gasteiger partial charge in [0.25, 0.3) is 8.32 Å². The van der Waals surface area contributed by atoms with Crippen molar-refractivity contribution in [3.05, 3.63) is 60.7 Å². The zero-order valence-corrected chi connectivity index (χ0v) is 17.4. The molecule has 0 aliphatic carbocycles. The van der Waals surface area contributed by atoms with Gasteiger partial charge in [-0.1, -0.05) is 81.4 Å². The van der Waals surface area contributed by atoms with Crippen molar-refractivity contribution in [2.45, 2.75) is 50.4 Å². The molecular weight excluding hydrogens is 356 g/mol. The van der Waals surface area contributed by atoms with Crippen LogP contribution in [0.4, 0.5) is 0 Å². The maximum absolute atomic E-state index is 6.92. The van der Waals surface area contributed by atoms with Crippen molar-refractivity contribution in [2.75, 3.05) is 13.7 Å². The predicted octanol–water partition coefficient (Wildman–Crippen LogP) is 2.70. The molecule has 2 fully saturated rings. The van der Waals surface area contributed by atoms with Gasteiger partial charge in [-0.05, 0) is 15.4 Å². The summed E-state index contributed by atoms with van der Waals surface area (Å²) in [6.45, 7) is 7.35. The van der Waals surface area contributed by atoms with Gasteiger partial charge in [0.05, 0.1) is 6.61 Å². The molecule has 2 unspecified atom stereocenters. The van der Waals surface area contributed by atoms with Crippen LogP contribution in [0.25, 0.3) is 0 Å². The SMILES string of the molecule is COC1O[C@H](CO[Si](c2ccccc2)(c2ccccc2)C(C)(C)C)C2O[C@H]12. The Morgan fingerprint density at radius 3 is 1.85 bits per heavy atom. The molecule has 2 saturated heterocycles. The minimum absolute atomic E-state index is 0.0429. The van der Waals surface area contributed by atoms with Gasteiger partial charge < -0.3 is 18.6 Å². The van der Waals surface area contributed by atoms with E-state index in [0.29, 0.717) is 6.61 Å². The molecule has 0 saturated carbocycles. The van der Waals surface area contributed by atoms with Crippen LogP contribution in [0.3, 0.4) is 0 Å². The Bertz CT molecular complexity index is 719. The van der Waals surface area contributed by atoms with Crippen molar-refractivity contribution >= 4 is 18.7 Å². The molecule has 2 aliphatic heterocycles. The summed E-state index contributed by atoms with van der Waals surface area (Å²) in [6.07, 6.45) is -0.208. The van der Waals surface area contributed by atoms with Crippen LogP contribution in [0.5, 0.6) is 0 Å². The first-order chi connectivity index (χ1) is 13.0. The molecule has 4 rings (SSSR count). The van der Waals surface area contributed by atoms with Crippen molar-refractivity contribution < 1.29 is 18.6 Å². The first-order valence-corrected chi connectivity index (χ1v) is 11.5. The van der Waals surface area contributed by atoms with Gasteiger partial charge in [0, 0.05) is 7.11 Å². The minimum Gasteiger partial charge on any atom is -0.405 e. The first-order valence-electron chi connectivity index (χ1n) is 9.56. The average molecular weight is 385 g/mol. The molecule has 0 bridgehead atoms. The van der Waals surface area contributed by atoms with E-state index in [2.05, 4.69) is 81.4 Å². The highest BCUT2D eigenvalue weighted by atomic mass is 28.4. The summed E-state index contributed by atoms with van der Waals surface area (Å²) in [6, 6.07) is 21.3. The van der Waals surface area contributed by atoms with Gasteiger partial charge in [0.2, 0.25) is 0 Å². The number of benzene rings is 2. The smallest absolute Gasteiger partial charge is 0.261 e. The second kappa shape index (κ2) is 7.15. The van der Waals surface area contributed by atoms with Crippen LogP contribution >= 0.6 is 0 Å². The lowest BCUT2D eigenvalue weighted by atomic mass is 10.2. The second-order valence-electron chi connectivity index (χ2n) is 8.32. The number of hydrogen-bond acceptors (Lipinski definition) is 4. The molecule has 4 atom stereocenters. The Kier molecular flexibility index (Phi) is 4.99. The summed E-state index contributed by atoms with van der Waals surface area (Å²) in [7, 11) is -0.875. The average Bonchev–Trinajstić information content (AvgIpc) is 3.39. The molecule has 0 amide bonds. The summed E-state index contributed by atoms with van der Waals surface area (Å²) >= 11 is 0. The number of methoxy groups -OCH3 is 1. The number of fused-ring (bicyclic) bond motifs is 1. The van der Waals surface area contributed by atoms with Crippen LogP contribution in [0.1, 0.15) is 20.8 Å². The van der Waals surface area contributed by atoms with E-state index in [1.165, 1.54) is 10.4 Å². The summed E-state index contributed by atoms with van der Waals surface area (Å²) < 4.78 is 24.0. The molecule has 2 aliphatic rings. The molecule has 0 N–H and O–H groups in total. The van der Waals surface area contributed by atoms with Crippen LogP contribution < -0.4 is 10.4 Å². The van der Waals surface area contributed by atoms with E-state index in [1.807, 2.05) is 0 Å². The van der Waals surface area contributed by atoms with Gasteiger partial charge >= 0.3 is 0 Å². The zero-order chi connectivity index (χ0) is 19.1. The van der Waals surface area contributed by atoms with Crippen molar-refractivity contribution in [1.82, 2.24) is 0 Å². The van der Waals surface area contributed by atoms with Crippen molar-refractivity contribution in [2.24, 2.45) is 0 Å². The van der Waals surface area contributed by atoms with Gasteiger partial charge in [-0.2, -0.15) is 0 Å². The van der Waals surface area contributed by atoms with Gasteiger partial charge in [-0.15, -0.1) is 0 Å². The Hall–Kier alpha value is -1.50. The third kappa shape index (κ3) is 3.28. The molecular formula is C22H28O4Si. The molecule has 4 nitrogen and oxygen atoms in total. The molecule has 0 spiro atoms. The highest BCUT2D eigenvalue weighted by Crippen LogP contribution is 2.41. The molecule has 2 aromatic carbocycles. The normalized spacial score (nSPS) is 27.4. The van der Waals surface area contributed by atoms with Gasteiger partial charge in [-0.25, -0.2) is 0 Å². The van der Waals surface area contributed by atoms with Gasteiger partial charge in [0.1, 0.15) is 18.3 Å². The predicted molar refractivity (Wildman–Crippen MR) is 108 cm³/mol. The van der Waals surface area contributed by atoms with E-state index >= 15 is 0 Å². The highest BCUT2D eigenvalue weighted by molar-refractivity contribution is 6.99. The fraction of sp³-hybridized carbons (Fsp3) is 0.455. The van der Waals surface area contributed by atoms with Crippen molar-refractivity contribution in [3.63, 3.8) is 0 Å². The largest absolute Gasteiger partial charge is 0.405 e. The van der Waals surface area contributed by atoms with E-state index in [1.54, 1.807) is 7.11 Å². The molecule has 0 aromatic heterocycles. The molecule has 144 valence electrons. The number of hydrogen-bond donors (Lipinski definition) is 0. The summed E-state index contributed by atoms with van der Waals surface area (Å²) in [5.41, 5.74) is 0. The Morgan fingerprint density at radius 1 is 0.852 bits per heavy atom. The maximum atomic E-state index is 6.92. The van der Waals surface area contributed by atoms with E-state index < -0.39 is 8.32 Å². The summed E-state index contributed by atoms with van der Waals surface area (Å²) in [5.74, 6) is 0. The van der Waals surface area contributed by atoms with Crippen LogP contribution in [-0.2, 0) is 18.6 Å². The van der Waals surface area contributed by atoms with Gasteiger partial charge in [0.15, 0.2) is 6.29 Å². The fourth-order valence-electron chi connectivity index (χ4n) is 4.27. The third-order valence-corrected chi connectivity index (χ3v) is 10.6. The molecule has 27 heavy (non-hydrogen) atoms. The van der Waals surface area contributed by atoms with Crippen LogP contribution in [0, 0.1) is 0 Å². The van der Waals surface area contributed by atoms with Crippen LogP contribution in [0.15, 0.2) is 60.7 Å². The van der Waals surface area contributed by atoms with E-state index in [0.717, 1.165) is 0 Å². The summed E-state index contributed by atoms with van der Waals surface area (Å²) in [5, 5.41) is 2.51. The van der Waals surface area contributed by atoms with Crippen LogP contribution in [-0.4, -0.2) is 46.6 Å². The monoisotopic (exact) mass is 384 g/mol. The van der Waals surface area contributed by atoms with Crippen molar-refractivity contribution in [3.8, 4) is 0 Å². The topological polar surface area (TPSA) is 40.2 Å². The van der Waals surface area contributed by atoms with E-state index in [4.69, 9.17) is 18.6 Å². The maximum Gasteiger partial charge on any atom is 0.261 e. The quantitative estimate of drug-likeness (QED) is 0.567. The number of rotatable bonds is 6. The van der Waals surface area contributed by atoms with E-state index in [-0.39, 0.29) is 29.6 Å². The molecule has 2 heterocycles. The lowest BCUT2D eigenvalue weighted by Crippen LogP contribution is -2.67. The third-order valence-electron chi connectivity index (χ3n) is 5.62. The molecule has 5 heteroatoms. The van der Waals surface area contributed by atoms with Crippen molar-refractivity contribution in [1.29, 1.82) is 0 Å². The molecule has 2 aromatic rings. The summed E-state index contributed by atoms with van der Waals surface area (Å²) in [4.78, 5) is 0. The van der Waals surface area contributed by atoms with Crippen LogP contribution in [0.2, 0.25) is 5.04 Å². The van der Waals surface area contributed by atoms with E-state index in [9.17, 15) is 0 Å². The number of epoxide rings is 1. The Morgan fingerprint density at radius 2 is 1.41 bits per heavy atom. The first kappa shape index (κ1) is 18.8.